The largest absolute Gasteiger partial charge is 0.508 e. The molecule has 0 aliphatic carbocycles. The zero-order valence-corrected chi connectivity index (χ0v) is 19.4. The minimum Gasteiger partial charge on any atom is -0.508 e. The van der Waals surface area contributed by atoms with E-state index in [1.807, 2.05) is 37.3 Å². The fourth-order valence-corrected chi connectivity index (χ4v) is 4.96. The van der Waals surface area contributed by atoms with Crippen molar-refractivity contribution in [2.75, 3.05) is 26.9 Å². The lowest BCUT2D eigenvalue weighted by Crippen LogP contribution is -2.42. The number of methoxy groups -OCH3 is 1. The van der Waals surface area contributed by atoms with E-state index in [9.17, 15) is 15.0 Å². The Labute approximate surface area is 194 Å². The van der Waals surface area contributed by atoms with Crippen LogP contribution in [-0.4, -0.2) is 53.9 Å². The summed E-state index contributed by atoms with van der Waals surface area (Å²) in [6.07, 6.45) is 1.99. The quantitative estimate of drug-likeness (QED) is 0.431. The topological polar surface area (TPSA) is 103 Å². The maximum absolute atomic E-state index is 13.3. The van der Waals surface area contributed by atoms with Crippen molar-refractivity contribution in [3.63, 3.8) is 0 Å². The lowest BCUT2D eigenvalue weighted by molar-refractivity contribution is -0.131. The lowest BCUT2D eigenvalue weighted by Gasteiger charge is -2.31. The van der Waals surface area contributed by atoms with E-state index in [-0.39, 0.29) is 42.8 Å². The van der Waals surface area contributed by atoms with Crippen LogP contribution in [0.25, 0.3) is 0 Å². The summed E-state index contributed by atoms with van der Waals surface area (Å²) in [6.45, 7) is 4.78. The van der Waals surface area contributed by atoms with Crippen molar-refractivity contribution in [2.45, 2.75) is 44.8 Å². The van der Waals surface area contributed by atoms with Gasteiger partial charge < -0.3 is 24.6 Å². The molecule has 8 heteroatoms. The van der Waals surface area contributed by atoms with Gasteiger partial charge in [-0.2, -0.15) is 0 Å². The fourth-order valence-electron chi connectivity index (χ4n) is 4.96. The van der Waals surface area contributed by atoms with Gasteiger partial charge in [0.25, 0.3) is 0 Å². The number of hydrogen-bond donors (Lipinski definition) is 4. The molecule has 2 aliphatic heterocycles. The first-order valence-electron chi connectivity index (χ1n) is 11.5. The number of hydrogen-bond acceptors (Lipinski definition) is 7. The van der Waals surface area contributed by atoms with Gasteiger partial charge in [-0.15, -0.1) is 0 Å². The first-order valence-corrected chi connectivity index (χ1v) is 11.5. The van der Waals surface area contributed by atoms with E-state index in [1.54, 1.807) is 18.1 Å². The van der Waals surface area contributed by atoms with Gasteiger partial charge in [-0.25, -0.2) is 10.9 Å². The molecule has 4 rings (SSSR count). The highest BCUT2D eigenvalue weighted by atomic mass is 16.5. The number of rotatable bonds is 9. The van der Waals surface area contributed by atoms with Gasteiger partial charge in [0, 0.05) is 18.0 Å². The Morgan fingerprint density at radius 1 is 1.09 bits per heavy atom. The van der Waals surface area contributed by atoms with Crippen molar-refractivity contribution in [1.29, 1.82) is 0 Å². The van der Waals surface area contributed by atoms with E-state index in [0.29, 0.717) is 18.1 Å². The van der Waals surface area contributed by atoms with Gasteiger partial charge in [-0.1, -0.05) is 37.1 Å². The number of fused-ring (bicyclic) bond motifs is 1. The fraction of sp³-hybridized carbons (Fsp3) is 0.480. The number of β-amino-alcohol motifs (C(OH)–C–C–N with tert-alkyl or cyclic N) is 1. The van der Waals surface area contributed by atoms with Crippen molar-refractivity contribution in [3.8, 4) is 17.2 Å². The number of aryl methyl sites for hydroxylation is 1. The average molecular weight is 456 g/mol. The van der Waals surface area contributed by atoms with Crippen LogP contribution in [0.5, 0.6) is 17.2 Å². The molecule has 0 saturated carbocycles. The predicted molar refractivity (Wildman–Crippen MR) is 124 cm³/mol. The highest BCUT2D eigenvalue weighted by Crippen LogP contribution is 2.49. The number of phenols is 1. The highest BCUT2D eigenvalue weighted by Gasteiger charge is 2.55. The standard InChI is InChI=1S/C25H33N3O5/c1-4-5-12-33-19-9-7-16(14-20(19)32-3)24-21-22(17-13-15(2)6-8-18(17)30)26-27-23(21)25(31)28(24)10-11-29/h6-9,13-14,21-24,26-27,29-30H,4-5,10-12H2,1-3H3. The summed E-state index contributed by atoms with van der Waals surface area (Å²) in [4.78, 5) is 15.0. The van der Waals surface area contributed by atoms with Crippen molar-refractivity contribution in [1.82, 2.24) is 15.8 Å². The number of phenolic OH excluding ortho intramolecular Hbond substituents is 1. The lowest BCUT2D eigenvalue weighted by atomic mass is 9.82. The zero-order chi connectivity index (χ0) is 23.5. The third kappa shape index (κ3) is 4.38. The number of likely N-dealkylation sites (tertiary alicyclic amines) is 1. The number of amides is 1. The Balaban J connectivity index is 1.73. The molecular formula is C25H33N3O5. The number of aliphatic hydroxyl groups excluding tert-OH is 1. The van der Waals surface area contributed by atoms with Crippen molar-refractivity contribution < 1.29 is 24.5 Å². The molecule has 4 unspecified atom stereocenters. The smallest absolute Gasteiger partial charge is 0.242 e. The third-order valence-electron chi connectivity index (χ3n) is 6.56. The number of unbranched alkanes of at least 4 members (excludes halogenated alkanes) is 1. The number of carbonyl (C=O) groups excluding carboxylic acids is 1. The summed E-state index contributed by atoms with van der Waals surface area (Å²) in [5.74, 6) is 1.18. The monoisotopic (exact) mass is 455 g/mol. The minimum atomic E-state index is -0.474. The van der Waals surface area contributed by atoms with Crippen LogP contribution in [0, 0.1) is 12.8 Å². The molecule has 2 aromatic rings. The van der Waals surface area contributed by atoms with Crippen LogP contribution in [0.2, 0.25) is 0 Å². The third-order valence-corrected chi connectivity index (χ3v) is 6.56. The van der Waals surface area contributed by atoms with Crippen LogP contribution >= 0.6 is 0 Å². The molecule has 2 saturated heterocycles. The van der Waals surface area contributed by atoms with Gasteiger partial charge in [-0.05, 0) is 37.1 Å². The second-order valence-electron chi connectivity index (χ2n) is 8.70. The van der Waals surface area contributed by atoms with Gasteiger partial charge >= 0.3 is 0 Å². The number of carbonyl (C=O) groups is 1. The second-order valence-corrected chi connectivity index (χ2v) is 8.70. The summed E-state index contributed by atoms with van der Waals surface area (Å²) in [7, 11) is 1.60. The molecule has 0 aromatic heterocycles. The molecule has 1 amide bonds. The molecule has 178 valence electrons. The number of aromatic hydroxyl groups is 1. The summed E-state index contributed by atoms with van der Waals surface area (Å²) < 4.78 is 11.5. The van der Waals surface area contributed by atoms with Crippen molar-refractivity contribution >= 4 is 5.91 Å². The van der Waals surface area contributed by atoms with Crippen LogP contribution < -0.4 is 20.3 Å². The Bertz CT molecular complexity index is 998. The molecule has 4 atom stereocenters. The van der Waals surface area contributed by atoms with Crippen molar-refractivity contribution in [2.24, 2.45) is 5.92 Å². The number of nitrogens with zero attached hydrogens (tertiary/aromatic N) is 1. The van der Waals surface area contributed by atoms with Crippen LogP contribution in [0.4, 0.5) is 0 Å². The number of benzene rings is 2. The maximum atomic E-state index is 13.3. The molecule has 2 fully saturated rings. The van der Waals surface area contributed by atoms with E-state index in [1.165, 1.54) is 0 Å². The molecule has 2 aromatic carbocycles. The Morgan fingerprint density at radius 3 is 2.61 bits per heavy atom. The molecule has 2 heterocycles. The van der Waals surface area contributed by atoms with Crippen LogP contribution in [-0.2, 0) is 4.79 Å². The number of hydrazine groups is 1. The molecule has 33 heavy (non-hydrogen) atoms. The molecule has 0 spiro atoms. The number of ether oxygens (including phenoxy) is 2. The number of aliphatic hydroxyl groups is 1. The Kier molecular flexibility index (Phi) is 7.07. The van der Waals surface area contributed by atoms with E-state index in [2.05, 4.69) is 17.8 Å². The first-order chi connectivity index (χ1) is 16.0. The Morgan fingerprint density at radius 2 is 1.88 bits per heavy atom. The van der Waals surface area contributed by atoms with E-state index in [4.69, 9.17) is 9.47 Å². The average Bonchev–Trinajstić information content (AvgIpc) is 3.35. The molecular weight excluding hydrogens is 422 g/mol. The van der Waals surface area contributed by atoms with Gasteiger partial charge in [-0.3, -0.25) is 4.79 Å². The van der Waals surface area contributed by atoms with Gasteiger partial charge in [0.2, 0.25) is 5.91 Å². The molecule has 4 N–H and O–H groups in total. The van der Waals surface area contributed by atoms with Crippen molar-refractivity contribution in [3.05, 3.63) is 53.1 Å². The SMILES string of the molecule is CCCCOc1ccc(C2C3C(NNC3c3cc(C)ccc3O)C(=O)N2CCO)cc1OC. The predicted octanol–water partition coefficient (Wildman–Crippen LogP) is 2.60. The highest BCUT2D eigenvalue weighted by molar-refractivity contribution is 5.86. The summed E-state index contributed by atoms with van der Waals surface area (Å²) in [6, 6.07) is 10.2. The van der Waals surface area contributed by atoms with E-state index in [0.717, 1.165) is 29.5 Å². The van der Waals surface area contributed by atoms with Crippen LogP contribution in [0.3, 0.4) is 0 Å². The van der Waals surface area contributed by atoms with Crippen LogP contribution in [0.15, 0.2) is 36.4 Å². The van der Waals surface area contributed by atoms with Gasteiger partial charge in [0.1, 0.15) is 11.8 Å². The Hall–Kier alpha value is -2.81. The maximum Gasteiger partial charge on any atom is 0.242 e. The number of nitrogens with one attached hydrogen (secondary N) is 2. The van der Waals surface area contributed by atoms with Gasteiger partial charge in [0.05, 0.1) is 32.4 Å². The molecule has 0 radical (unpaired) electrons. The normalized spacial score (nSPS) is 24.2. The van der Waals surface area contributed by atoms with E-state index >= 15 is 0 Å². The van der Waals surface area contributed by atoms with Gasteiger partial charge in [0.15, 0.2) is 11.5 Å². The molecule has 8 nitrogen and oxygen atoms in total. The minimum absolute atomic E-state index is 0.0802. The zero-order valence-electron chi connectivity index (χ0n) is 19.4. The summed E-state index contributed by atoms with van der Waals surface area (Å²) in [5.41, 5.74) is 9.03. The first kappa shape index (κ1) is 23.4. The summed E-state index contributed by atoms with van der Waals surface area (Å²) in [5, 5.41) is 20.3. The molecule has 2 aliphatic rings. The summed E-state index contributed by atoms with van der Waals surface area (Å²) >= 11 is 0. The molecule has 0 bridgehead atoms. The van der Waals surface area contributed by atoms with Crippen LogP contribution in [0.1, 0.15) is 48.5 Å². The van der Waals surface area contributed by atoms with E-state index < -0.39 is 6.04 Å². The second kappa shape index (κ2) is 9.99.